The van der Waals surface area contributed by atoms with Crippen LogP contribution in [-0.4, -0.2) is 211 Å². The number of allylic oxidation sites excluding steroid dienone is 4. The maximum atomic E-state index is 12.8. The lowest BCUT2D eigenvalue weighted by molar-refractivity contribution is -0.250. The van der Waals surface area contributed by atoms with Crippen LogP contribution in [0.3, 0.4) is 0 Å². The van der Waals surface area contributed by atoms with Gasteiger partial charge < -0.3 is 105 Å². The van der Waals surface area contributed by atoms with Gasteiger partial charge in [0.1, 0.15) is 45.0 Å². The minimum atomic E-state index is -1.19. The van der Waals surface area contributed by atoms with Gasteiger partial charge in [0.05, 0.1) is 62.5 Å². The zero-order valence-electron chi connectivity index (χ0n) is 75.5. The highest BCUT2D eigenvalue weighted by Crippen LogP contribution is 2.71. The highest BCUT2D eigenvalue weighted by Gasteiger charge is 2.72. The number of aldehydes is 4. The van der Waals surface area contributed by atoms with E-state index >= 15 is 0 Å². The Bertz CT molecular complexity index is 3590. The molecular formula is C93H152Cl3NO25. The van der Waals surface area contributed by atoms with E-state index in [-0.39, 0.29) is 128 Å². The third-order valence-electron chi connectivity index (χ3n) is 30.2. The number of hydrogen-bond donors (Lipinski definition) is 8. The molecule has 3 aliphatic heterocycles. The Hall–Kier alpha value is -4.72. The van der Waals surface area contributed by atoms with Crippen LogP contribution in [0.25, 0.3) is 0 Å². The Kier molecular flexibility index (Phi) is 44.4. The van der Waals surface area contributed by atoms with Crippen LogP contribution in [-0.2, 0) is 71.6 Å². The van der Waals surface area contributed by atoms with Crippen LogP contribution in [0, 0.1) is 74.4 Å². The lowest BCUT2D eigenvalue weighted by Gasteiger charge is -2.65. The summed E-state index contributed by atoms with van der Waals surface area (Å²) >= 11 is 17.7. The van der Waals surface area contributed by atoms with E-state index in [0.717, 1.165) is 150 Å². The number of esters is 5. The normalized spacial score (nSPS) is 36.5. The molecule has 0 aromatic heterocycles. The molecule has 22 atom stereocenters. The number of carbonyl (C=O) groups is 9. The van der Waals surface area contributed by atoms with Crippen molar-refractivity contribution in [2.75, 3.05) is 46.2 Å². The third-order valence-corrected chi connectivity index (χ3v) is 31.0. The van der Waals surface area contributed by atoms with Crippen LogP contribution in [0.5, 0.6) is 0 Å². The summed E-state index contributed by atoms with van der Waals surface area (Å²) in [7, 11) is 0. The molecule has 700 valence electrons. The highest BCUT2D eigenvalue weighted by atomic mass is 35.5. The molecule has 0 radical (unpaired) electrons. The number of aliphatic hydroxyl groups is 7. The number of alkyl halides is 1. The van der Waals surface area contributed by atoms with Crippen molar-refractivity contribution in [3.05, 3.63) is 56.7 Å². The Morgan fingerprint density at radius 2 is 1.07 bits per heavy atom. The summed E-state index contributed by atoms with van der Waals surface area (Å²) in [5.74, 6) is -1.31. The standard InChI is InChI=1S/C27H40O7.C25H36O6.C18H26O4.C9H13Cl3.C5H13N.C5H12O2.C4H6O3.3H2O/c1-3-26(31)16-21(33-13-5-4-12-28)7-10-25(26,18-29)20-6-9-24(2)22(8-11-27(24,32)15-20)19-14-23(30)34-17-19;1-3-30-17-4-9-23(15-26)19-5-8-22(2)18(16-12-21(27)31-14-16)7-11-25(22,29)20(19)6-10-24(23,28)13-17;1-3-12(10-19)13-4-6-17(2)15(5-7-18(17,21)9-13)14-8-16(20)22-11-14;1-4-5-8(12)9(6(2)10)7(3)11;1-4-6-5(2)3;1-2-5(7)3-4-6;1-3(5)7-4(2)6;;;/h12,14,18,20-22,31-32H,3-11,13,15-17H2,1-2H3;12,15,17-20,28-29H,3-11,13-14H2,1-2H3;8,10,12-13,15,21H,3-7,9,11H2,1-2H3;5-6H,4H2,1-3H3;5-6H,4H2,1-3H3;5-7H,2-4H2,1H3;1-2H3;3*1H2/b;;;8-5+,9-7+;;;;;;/t20?,21-,22+,24+,25-,26-,27-;17-,18+,19?,20?,22+,23-,24-,25-;12-,13?,15-,17-,18+;;;5-;;;;/m001..0..../s1. The fourth-order valence-electron chi connectivity index (χ4n) is 23.6. The van der Waals surface area contributed by atoms with Crippen LogP contribution < -0.4 is 5.32 Å². The number of nitrogens with one attached hydrogen (secondary N) is 1. The van der Waals surface area contributed by atoms with E-state index in [2.05, 4.69) is 51.6 Å². The first-order valence-electron chi connectivity index (χ1n) is 44.4. The molecule has 5 unspecified atom stereocenters. The van der Waals surface area contributed by atoms with Gasteiger partial charge in [-0.05, 0) is 252 Å². The van der Waals surface area contributed by atoms with Gasteiger partial charge in [-0.1, -0.05) is 98.5 Å². The molecule has 0 spiro atoms. The van der Waals surface area contributed by atoms with Gasteiger partial charge >= 0.3 is 29.8 Å². The van der Waals surface area contributed by atoms with E-state index in [4.69, 9.17) is 68.7 Å². The van der Waals surface area contributed by atoms with Gasteiger partial charge in [-0.25, -0.2) is 14.4 Å². The van der Waals surface area contributed by atoms with Crippen molar-refractivity contribution >= 4 is 89.8 Å². The molecule has 12 aliphatic rings. The molecular weight excluding hydrogens is 1640 g/mol. The summed E-state index contributed by atoms with van der Waals surface area (Å²) in [6.45, 7) is 32.0. The van der Waals surface area contributed by atoms with Crippen LogP contribution in [0.4, 0.5) is 0 Å². The maximum Gasteiger partial charge on any atom is 0.331 e. The number of carbonyl (C=O) groups excluding carboxylic acids is 9. The fourth-order valence-corrected chi connectivity index (χ4v) is 24.8. The van der Waals surface area contributed by atoms with E-state index in [0.29, 0.717) is 139 Å². The molecule has 0 bridgehead atoms. The van der Waals surface area contributed by atoms with E-state index in [9.17, 15) is 68.7 Å². The van der Waals surface area contributed by atoms with Crippen LogP contribution >= 0.6 is 34.8 Å². The second-order valence-electron chi connectivity index (χ2n) is 36.9. The van der Waals surface area contributed by atoms with Crippen molar-refractivity contribution in [3.63, 3.8) is 0 Å². The minimum Gasteiger partial charge on any atom is -0.458 e. The number of ether oxygens (including phenoxy) is 6. The minimum absolute atomic E-state index is 0. The smallest absolute Gasteiger partial charge is 0.331 e. The molecule has 3 heterocycles. The van der Waals surface area contributed by atoms with E-state index in [1.165, 1.54) is 13.8 Å². The summed E-state index contributed by atoms with van der Waals surface area (Å²) in [6, 6.07) is 0.648. The molecule has 0 aromatic rings. The second-order valence-corrected chi connectivity index (χ2v) is 38.6. The zero-order chi connectivity index (χ0) is 88.9. The van der Waals surface area contributed by atoms with Crippen molar-refractivity contribution in [2.45, 2.75) is 348 Å². The van der Waals surface area contributed by atoms with Crippen LogP contribution in [0.1, 0.15) is 290 Å². The number of aliphatic hydroxyl groups excluding tert-OH is 2. The molecule has 9 saturated carbocycles. The number of hydrogen-bond acceptors (Lipinski definition) is 23. The summed E-state index contributed by atoms with van der Waals surface area (Å²) < 4.78 is 31.2. The first-order chi connectivity index (χ1) is 56.0. The number of fused-ring (bicyclic) bond motifs is 7. The monoisotopic (exact) mass is 1790 g/mol. The SMILES string of the molecule is CC(=O)OC(C)=O.CC/C=C(Cl)\C(=C(/C)Cl)C(C)Cl.CCNC(C)C.CCO[C@H]1CC[C@]2(C=O)C3CC[C@]4(C)[C@@H](C5=CC(=O)OC5)CC[C@]4(O)C3CC[C@]2(O)C1.CC[C@H](C=O)C1CC[C@]2(C)[C@@H](C3=CC(=O)OC3)CC[C@]2(O)C1.CC[C@H](O)CCO.CC[C@]1(O)C[C@@H](OCCCC=O)CC[C@]1(C=O)C1CC[C@]2(C)[C@@H](C3=CC(=O)OC3)CC[C@]2(O)C1.O.O.O. The van der Waals surface area contributed by atoms with E-state index in [1.54, 1.807) is 25.2 Å². The van der Waals surface area contributed by atoms with Crippen molar-refractivity contribution in [1.82, 2.24) is 5.32 Å². The van der Waals surface area contributed by atoms with Gasteiger partial charge in [0.15, 0.2) is 0 Å². The predicted molar refractivity (Wildman–Crippen MR) is 468 cm³/mol. The Morgan fingerprint density at radius 1 is 0.590 bits per heavy atom. The van der Waals surface area contributed by atoms with Crippen molar-refractivity contribution in [3.8, 4) is 0 Å². The summed E-state index contributed by atoms with van der Waals surface area (Å²) in [4.78, 5) is 102. The maximum absolute atomic E-state index is 12.8. The van der Waals surface area contributed by atoms with Gasteiger partial charge in [0, 0.05) is 115 Å². The molecule has 0 amide bonds. The molecule has 9 fully saturated rings. The largest absolute Gasteiger partial charge is 0.458 e. The lowest BCUT2D eigenvalue weighted by Crippen LogP contribution is -2.68. The van der Waals surface area contributed by atoms with Crippen molar-refractivity contribution in [1.29, 1.82) is 0 Å². The van der Waals surface area contributed by atoms with Crippen molar-refractivity contribution in [2.24, 2.45) is 74.4 Å². The Morgan fingerprint density at radius 3 is 1.48 bits per heavy atom. The lowest BCUT2D eigenvalue weighted by atomic mass is 9.41. The second kappa shape index (κ2) is 48.6. The summed E-state index contributed by atoms with van der Waals surface area (Å²) in [5.41, 5.74) is -3.57. The number of unbranched alkanes of at least 4 members (excludes halogenated alkanes) is 1. The fraction of sp³-hybridized carbons (Fsp3) is 0.796. The Labute approximate surface area is 739 Å². The van der Waals surface area contributed by atoms with Gasteiger partial charge in [-0.2, -0.15) is 0 Å². The molecule has 122 heavy (non-hydrogen) atoms. The van der Waals surface area contributed by atoms with Gasteiger partial charge in [-0.15, -0.1) is 11.6 Å². The third kappa shape index (κ3) is 24.8. The highest BCUT2D eigenvalue weighted by molar-refractivity contribution is 6.37. The average Bonchev–Trinajstić information content (AvgIpc) is 1.46. The van der Waals surface area contributed by atoms with E-state index in [1.807, 2.05) is 47.6 Å². The number of cyclic esters (lactones) is 3. The van der Waals surface area contributed by atoms with Gasteiger partial charge in [0.2, 0.25) is 0 Å². The Balaban J connectivity index is 0.000000401. The van der Waals surface area contributed by atoms with Crippen molar-refractivity contribution < 1.29 is 124 Å². The van der Waals surface area contributed by atoms with E-state index < -0.39 is 50.8 Å². The quantitative estimate of drug-likeness (QED) is 0.00800. The average molecular weight is 1790 g/mol. The predicted octanol–water partition coefficient (Wildman–Crippen LogP) is 12.3. The van der Waals surface area contributed by atoms with Crippen LogP contribution in [0.2, 0.25) is 0 Å². The molecule has 9 aliphatic carbocycles. The number of rotatable bonds is 25. The first kappa shape index (κ1) is 111. The molecule has 14 N–H and O–H groups in total. The van der Waals surface area contributed by atoms with Crippen LogP contribution in [0.15, 0.2) is 56.7 Å². The molecule has 12 rings (SSSR count). The molecule has 0 saturated heterocycles. The topological polar surface area (TPSA) is 457 Å². The summed E-state index contributed by atoms with van der Waals surface area (Å²) in [5, 5.41) is 80.4. The zero-order valence-corrected chi connectivity index (χ0v) is 77.7. The molecule has 29 heteroatoms. The molecule has 26 nitrogen and oxygen atoms in total. The first-order valence-corrected chi connectivity index (χ1v) is 45.6. The molecule has 0 aromatic carbocycles. The summed E-state index contributed by atoms with van der Waals surface area (Å²) in [6.07, 6.45) is 30.4. The van der Waals surface area contributed by atoms with Gasteiger partial charge in [0.25, 0.3) is 0 Å². The van der Waals surface area contributed by atoms with Gasteiger partial charge in [-0.3, -0.25) is 9.59 Å². The number of halogens is 3.